The monoisotopic (exact) mass is 283 g/mol. The van der Waals surface area contributed by atoms with Crippen LogP contribution in [0.3, 0.4) is 0 Å². The van der Waals surface area contributed by atoms with Crippen LogP contribution in [0.15, 0.2) is 18.2 Å². The third-order valence-electron chi connectivity index (χ3n) is 3.84. The lowest BCUT2D eigenvalue weighted by Gasteiger charge is -2.14. The number of pyridine rings is 1. The number of benzene rings is 1. The molecule has 1 heterocycles. The van der Waals surface area contributed by atoms with Gasteiger partial charge in [0, 0.05) is 23.6 Å². The molecule has 0 saturated heterocycles. The maximum absolute atomic E-state index is 11.4. The zero-order valence-electron chi connectivity index (χ0n) is 13.5. The summed E-state index contributed by atoms with van der Waals surface area (Å²) in [6.07, 6.45) is 2.07. The van der Waals surface area contributed by atoms with Crippen LogP contribution in [-0.2, 0) is 4.79 Å². The summed E-state index contributed by atoms with van der Waals surface area (Å²) in [5.41, 5.74) is 6.08. The Balaban J connectivity index is 2.87. The van der Waals surface area contributed by atoms with E-state index in [0.717, 1.165) is 33.3 Å². The van der Waals surface area contributed by atoms with Gasteiger partial charge in [-0.3, -0.25) is 9.78 Å². The Morgan fingerprint density at radius 1 is 1.19 bits per heavy atom. The van der Waals surface area contributed by atoms with Gasteiger partial charge in [-0.1, -0.05) is 6.08 Å². The first kappa shape index (κ1) is 15.2. The van der Waals surface area contributed by atoms with Gasteiger partial charge in [-0.2, -0.15) is 0 Å². The first-order chi connectivity index (χ1) is 9.85. The average molecular weight is 283 g/mol. The van der Waals surface area contributed by atoms with Crippen molar-refractivity contribution in [3.63, 3.8) is 0 Å². The fourth-order valence-electron chi connectivity index (χ4n) is 2.39. The Morgan fingerprint density at radius 3 is 2.43 bits per heavy atom. The van der Waals surface area contributed by atoms with Gasteiger partial charge >= 0.3 is 5.97 Å². The minimum absolute atomic E-state index is 0.309. The van der Waals surface area contributed by atoms with E-state index in [0.29, 0.717) is 5.75 Å². The molecular formula is C18H21NO2. The Bertz CT molecular complexity index is 758. The summed E-state index contributed by atoms with van der Waals surface area (Å²) in [4.78, 5) is 16.1. The molecule has 0 aliphatic heterocycles. The van der Waals surface area contributed by atoms with Crippen LogP contribution in [-0.4, -0.2) is 11.0 Å². The molecule has 0 unspecified atom stereocenters. The molecule has 2 rings (SSSR count). The number of carbonyl (C=O) groups is 1. The normalized spacial score (nSPS) is 11.8. The van der Waals surface area contributed by atoms with Gasteiger partial charge < -0.3 is 4.74 Å². The average Bonchev–Trinajstić information content (AvgIpc) is 2.43. The van der Waals surface area contributed by atoms with E-state index in [1.165, 1.54) is 12.5 Å². The summed E-state index contributed by atoms with van der Waals surface area (Å²) in [6, 6.07) is 4.17. The molecule has 0 spiro atoms. The molecule has 110 valence electrons. The van der Waals surface area contributed by atoms with E-state index in [1.807, 2.05) is 27.7 Å². The van der Waals surface area contributed by atoms with Gasteiger partial charge in [0.05, 0.1) is 5.52 Å². The molecule has 3 nitrogen and oxygen atoms in total. The Morgan fingerprint density at radius 2 is 1.86 bits per heavy atom. The number of fused-ring (bicyclic) bond motifs is 1. The molecule has 0 radical (unpaired) electrons. The van der Waals surface area contributed by atoms with Crippen molar-refractivity contribution in [3.05, 3.63) is 40.6 Å². The number of allylic oxidation sites excluding steroid dienone is 2. The van der Waals surface area contributed by atoms with Crippen LogP contribution < -0.4 is 4.74 Å². The lowest BCUT2D eigenvalue weighted by atomic mass is 9.98. The second kappa shape index (κ2) is 5.68. The van der Waals surface area contributed by atoms with Crippen molar-refractivity contribution in [2.45, 2.75) is 41.5 Å². The Hall–Kier alpha value is -2.16. The van der Waals surface area contributed by atoms with E-state index in [4.69, 9.17) is 4.74 Å². The molecular weight excluding hydrogens is 262 g/mol. The summed E-state index contributed by atoms with van der Waals surface area (Å²) >= 11 is 0. The quantitative estimate of drug-likeness (QED) is 0.761. The van der Waals surface area contributed by atoms with E-state index in [1.54, 1.807) is 0 Å². The van der Waals surface area contributed by atoms with Crippen LogP contribution in [0.5, 0.6) is 5.75 Å². The predicted octanol–water partition coefficient (Wildman–Crippen LogP) is 4.51. The molecule has 1 aromatic heterocycles. The number of nitrogens with zero attached hydrogens (tertiary/aromatic N) is 1. The van der Waals surface area contributed by atoms with Crippen molar-refractivity contribution in [2.75, 3.05) is 0 Å². The second-order valence-corrected chi connectivity index (χ2v) is 5.41. The van der Waals surface area contributed by atoms with Gasteiger partial charge in [0.15, 0.2) is 0 Å². The van der Waals surface area contributed by atoms with Crippen LogP contribution in [0, 0.1) is 20.8 Å². The van der Waals surface area contributed by atoms with Crippen LogP contribution in [0.1, 0.15) is 43.2 Å². The van der Waals surface area contributed by atoms with Crippen molar-refractivity contribution < 1.29 is 9.53 Å². The molecule has 21 heavy (non-hydrogen) atoms. The van der Waals surface area contributed by atoms with Crippen molar-refractivity contribution >= 4 is 22.4 Å². The minimum Gasteiger partial charge on any atom is -0.426 e. The lowest BCUT2D eigenvalue weighted by Crippen LogP contribution is -2.06. The first-order valence-corrected chi connectivity index (χ1v) is 7.08. The number of rotatable bonds is 2. The van der Waals surface area contributed by atoms with Gasteiger partial charge in [0.2, 0.25) is 0 Å². The molecule has 0 fully saturated rings. The van der Waals surface area contributed by atoms with E-state index in [2.05, 4.69) is 30.1 Å². The van der Waals surface area contributed by atoms with Crippen LogP contribution in [0.2, 0.25) is 0 Å². The number of esters is 1. The van der Waals surface area contributed by atoms with Gasteiger partial charge in [-0.05, 0) is 63.5 Å². The maximum atomic E-state index is 11.4. The molecule has 1 aromatic carbocycles. The molecule has 0 bridgehead atoms. The molecule has 2 aromatic rings. The zero-order valence-corrected chi connectivity index (χ0v) is 13.5. The maximum Gasteiger partial charge on any atom is 0.308 e. The molecule has 0 atom stereocenters. The number of carbonyl (C=O) groups excluding carboxylic acids is 1. The standard InChI is InChI=1S/C18H21NO2/c1-7-10(2)15-8-11(3)17-16(9-15)18(21-14(6)20)12(4)13(5)19-17/h7-9H,1-6H3. The van der Waals surface area contributed by atoms with E-state index in [-0.39, 0.29) is 5.97 Å². The van der Waals surface area contributed by atoms with Crippen molar-refractivity contribution in [1.29, 1.82) is 0 Å². The van der Waals surface area contributed by atoms with Crippen LogP contribution >= 0.6 is 0 Å². The highest BCUT2D eigenvalue weighted by atomic mass is 16.5. The summed E-state index contributed by atoms with van der Waals surface area (Å²) in [5, 5.41) is 0.893. The second-order valence-electron chi connectivity index (χ2n) is 5.41. The highest BCUT2D eigenvalue weighted by Crippen LogP contribution is 2.34. The summed E-state index contributed by atoms with van der Waals surface area (Å²) in [7, 11) is 0. The number of aromatic nitrogens is 1. The smallest absolute Gasteiger partial charge is 0.308 e. The van der Waals surface area contributed by atoms with Crippen molar-refractivity contribution in [3.8, 4) is 5.75 Å². The minimum atomic E-state index is -0.309. The topological polar surface area (TPSA) is 39.2 Å². The van der Waals surface area contributed by atoms with E-state index in [9.17, 15) is 4.79 Å². The molecule has 0 saturated carbocycles. The summed E-state index contributed by atoms with van der Waals surface area (Å²) in [6.45, 7) is 11.4. The third kappa shape index (κ3) is 2.82. The highest BCUT2D eigenvalue weighted by Gasteiger charge is 2.15. The SMILES string of the molecule is CC=C(C)c1cc(C)c2nc(C)c(C)c(OC(C)=O)c2c1. The fourth-order valence-corrected chi connectivity index (χ4v) is 2.39. The van der Waals surface area contributed by atoms with E-state index >= 15 is 0 Å². The summed E-state index contributed by atoms with van der Waals surface area (Å²) in [5.74, 6) is 0.315. The number of ether oxygens (including phenoxy) is 1. The number of hydrogen-bond acceptors (Lipinski definition) is 3. The predicted molar refractivity (Wildman–Crippen MR) is 86.6 cm³/mol. The molecule has 0 N–H and O–H groups in total. The lowest BCUT2D eigenvalue weighted by molar-refractivity contribution is -0.131. The highest BCUT2D eigenvalue weighted by molar-refractivity contribution is 5.93. The van der Waals surface area contributed by atoms with Crippen molar-refractivity contribution in [1.82, 2.24) is 4.98 Å². The van der Waals surface area contributed by atoms with Crippen LogP contribution in [0.25, 0.3) is 16.5 Å². The van der Waals surface area contributed by atoms with Crippen LogP contribution in [0.4, 0.5) is 0 Å². The first-order valence-electron chi connectivity index (χ1n) is 7.08. The van der Waals surface area contributed by atoms with Crippen molar-refractivity contribution in [2.24, 2.45) is 0 Å². The van der Waals surface area contributed by atoms with Gasteiger partial charge in [0.25, 0.3) is 0 Å². The number of hydrogen-bond donors (Lipinski definition) is 0. The summed E-state index contributed by atoms with van der Waals surface area (Å²) < 4.78 is 5.46. The third-order valence-corrected chi connectivity index (χ3v) is 3.84. The Labute approximate surface area is 125 Å². The van der Waals surface area contributed by atoms with Gasteiger partial charge in [-0.25, -0.2) is 0 Å². The van der Waals surface area contributed by atoms with Gasteiger partial charge in [-0.15, -0.1) is 0 Å². The fraction of sp³-hybridized carbons (Fsp3) is 0.333. The molecule has 0 aliphatic carbocycles. The zero-order chi connectivity index (χ0) is 15.7. The molecule has 0 aliphatic rings. The van der Waals surface area contributed by atoms with E-state index < -0.39 is 0 Å². The number of aryl methyl sites for hydroxylation is 2. The van der Waals surface area contributed by atoms with Gasteiger partial charge in [0.1, 0.15) is 5.75 Å². The molecule has 0 amide bonds. The Kier molecular flexibility index (Phi) is 4.12. The largest absolute Gasteiger partial charge is 0.426 e. The molecule has 3 heteroatoms.